The molecule has 1 unspecified atom stereocenters. The molecule has 1 aromatic rings. The molecular formula is C13H20N4O3. The molecule has 1 fully saturated rings. The third kappa shape index (κ3) is 3.16. The smallest absolute Gasteiger partial charge is 0.287 e. The first-order valence-corrected chi connectivity index (χ1v) is 6.78. The third-order valence-electron chi connectivity index (χ3n) is 3.67. The van der Waals surface area contributed by atoms with Gasteiger partial charge in [0.05, 0.1) is 11.1 Å². The quantitative estimate of drug-likeness (QED) is 0.662. The zero-order valence-corrected chi connectivity index (χ0v) is 11.8. The van der Waals surface area contributed by atoms with Crippen molar-refractivity contribution in [1.29, 1.82) is 0 Å². The van der Waals surface area contributed by atoms with Crippen LogP contribution in [0.4, 0.5) is 5.69 Å². The van der Waals surface area contributed by atoms with Crippen LogP contribution < -0.4 is 5.32 Å². The van der Waals surface area contributed by atoms with E-state index >= 15 is 0 Å². The Bertz CT molecular complexity index is 506. The highest BCUT2D eigenvalue weighted by molar-refractivity contribution is 5.93. The van der Waals surface area contributed by atoms with Gasteiger partial charge in [0.1, 0.15) is 5.69 Å². The topological polar surface area (TPSA) is 80.4 Å². The summed E-state index contributed by atoms with van der Waals surface area (Å²) in [5.41, 5.74) is 0.287. The van der Waals surface area contributed by atoms with E-state index in [0.29, 0.717) is 18.3 Å². The van der Waals surface area contributed by atoms with E-state index < -0.39 is 4.92 Å². The monoisotopic (exact) mass is 280 g/mol. The van der Waals surface area contributed by atoms with Crippen molar-refractivity contribution < 1.29 is 9.72 Å². The molecule has 0 spiro atoms. The fourth-order valence-electron chi connectivity index (χ4n) is 2.55. The molecule has 1 aliphatic heterocycles. The lowest BCUT2D eigenvalue weighted by Gasteiger charge is -2.28. The second-order valence-electron chi connectivity index (χ2n) is 5.28. The molecule has 110 valence electrons. The van der Waals surface area contributed by atoms with Crippen LogP contribution in [0.2, 0.25) is 0 Å². The zero-order chi connectivity index (χ0) is 14.7. The summed E-state index contributed by atoms with van der Waals surface area (Å²) in [6, 6.07) is 1.64. The minimum atomic E-state index is -0.487. The Balaban J connectivity index is 2.04. The van der Waals surface area contributed by atoms with Gasteiger partial charge in [-0.1, -0.05) is 6.42 Å². The molecule has 0 bridgehead atoms. The van der Waals surface area contributed by atoms with Gasteiger partial charge in [-0.15, -0.1) is 0 Å². The second-order valence-corrected chi connectivity index (χ2v) is 5.28. The van der Waals surface area contributed by atoms with Crippen molar-refractivity contribution in [3.05, 3.63) is 28.1 Å². The Morgan fingerprint density at radius 2 is 2.35 bits per heavy atom. The van der Waals surface area contributed by atoms with Crippen molar-refractivity contribution >= 4 is 11.6 Å². The van der Waals surface area contributed by atoms with Crippen LogP contribution in [0, 0.1) is 10.1 Å². The van der Waals surface area contributed by atoms with Gasteiger partial charge in [-0.3, -0.25) is 14.9 Å². The van der Waals surface area contributed by atoms with Crippen LogP contribution >= 0.6 is 0 Å². The fraction of sp³-hybridized carbons (Fsp3) is 0.615. The summed E-state index contributed by atoms with van der Waals surface area (Å²) in [6.07, 6.45) is 4.78. The number of carbonyl (C=O) groups is 1. The van der Waals surface area contributed by atoms with E-state index in [1.54, 1.807) is 19.0 Å². The molecule has 1 aromatic heterocycles. The Morgan fingerprint density at radius 3 is 2.90 bits per heavy atom. The van der Waals surface area contributed by atoms with E-state index in [1.807, 2.05) is 0 Å². The summed E-state index contributed by atoms with van der Waals surface area (Å²) in [4.78, 5) is 24.2. The standard InChI is InChI=1S/C13H20N4O3/c1-15-9-11(17(19)20)7-12(15)13(18)16(2)8-10-5-3-4-6-14-10/h7,9-10,14H,3-6,8H2,1-2H3. The molecule has 1 amide bonds. The SMILES string of the molecule is CN(CC1CCCCN1)C(=O)c1cc([N+](=O)[O-])cn1C. The molecule has 20 heavy (non-hydrogen) atoms. The maximum atomic E-state index is 12.3. The number of piperidine rings is 1. The summed E-state index contributed by atoms with van der Waals surface area (Å²) in [7, 11) is 3.38. The van der Waals surface area contributed by atoms with E-state index in [9.17, 15) is 14.9 Å². The van der Waals surface area contributed by atoms with Crippen molar-refractivity contribution in [2.24, 2.45) is 7.05 Å². The summed E-state index contributed by atoms with van der Waals surface area (Å²) in [5, 5.41) is 14.1. The number of nitrogens with zero attached hydrogens (tertiary/aromatic N) is 3. The molecule has 7 heteroatoms. The number of hydrogen-bond acceptors (Lipinski definition) is 4. The molecule has 0 aromatic carbocycles. The highest BCUT2D eigenvalue weighted by Gasteiger charge is 2.23. The van der Waals surface area contributed by atoms with Gasteiger partial charge in [0.15, 0.2) is 0 Å². The van der Waals surface area contributed by atoms with Gasteiger partial charge < -0.3 is 14.8 Å². The van der Waals surface area contributed by atoms with Gasteiger partial charge in [-0.25, -0.2) is 0 Å². The summed E-state index contributed by atoms with van der Waals surface area (Å²) >= 11 is 0. The Labute approximate surface area is 117 Å². The van der Waals surface area contributed by atoms with Crippen LogP contribution in [-0.4, -0.2) is 46.5 Å². The van der Waals surface area contributed by atoms with Crippen LogP contribution in [-0.2, 0) is 7.05 Å². The van der Waals surface area contributed by atoms with Gasteiger partial charge in [0.25, 0.3) is 11.6 Å². The molecule has 1 N–H and O–H groups in total. The minimum absolute atomic E-state index is 0.0555. The first kappa shape index (κ1) is 14.5. The predicted molar refractivity (Wildman–Crippen MR) is 74.7 cm³/mol. The molecule has 2 heterocycles. The van der Waals surface area contributed by atoms with Crippen molar-refractivity contribution in [2.75, 3.05) is 20.1 Å². The molecule has 2 rings (SSSR count). The maximum absolute atomic E-state index is 12.3. The Hall–Kier alpha value is -1.89. The van der Waals surface area contributed by atoms with Crippen LogP contribution in [0.25, 0.3) is 0 Å². The van der Waals surface area contributed by atoms with Gasteiger partial charge in [0, 0.05) is 32.7 Å². The maximum Gasteiger partial charge on any atom is 0.287 e. The summed E-state index contributed by atoms with van der Waals surface area (Å²) < 4.78 is 1.51. The fourth-order valence-corrected chi connectivity index (χ4v) is 2.55. The largest absolute Gasteiger partial charge is 0.340 e. The number of nitrogens with one attached hydrogen (secondary N) is 1. The van der Waals surface area contributed by atoms with Crippen LogP contribution in [0.5, 0.6) is 0 Å². The average molecular weight is 280 g/mol. The highest BCUT2D eigenvalue weighted by atomic mass is 16.6. The minimum Gasteiger partial charge on any atom is -0.340 e. The normalized spacial score (nSPS) is 18.8. The van der Waals surface area contributed by atoms with Gasteiger partial charge >= 0.3 is 0 Å². The van der Waals surface area contributed by atoms with Crippen molar-refractivity contribution in [2.45, 2.75) is 25.3 Å². The van der Waals surface area contributed by atoms with Gasteiger partial charge in [-0.05, 0) is 19.4 Å². The molecule has 7 nitrogen and oxygen atoms in total. The van der Waals surface area contributed by atoms with E-state index in [-0.39, 0.29) is 11.6 Å². The van der Waals surface area contributed by atoms with E-state index in [2.05, 4.69) is 5.32 Å². The zero-order valence-electron chi connectivity index (χ0n) is 11.8. The van der Waals surface area contributed by atoms with Crippen molar-refractivity contribution in [1.82, 2.24) is 14.8 Å². The lowest BCUT2D eigenvalue weighted by atomic mass is 10.0. The molecule has 0 radical (unpaired) electrons. The molecule has 1 saturated heterocycles. The van der Waals surface area contributed by atoms with Gasteiger partial charge in [0.2, 0.25) is 0 Å². The molecule has 0 saturated carbocycles. The molecule has 1 atom stereocenters. The number of likely N-dealkylation sites (N-methyl/N-ethyl adjacent to an activating group) is 1. The number of amides is 1. The summed E-state index contributed by atoms with van der Waals surface area (Å²) in [5.74, 6) is -0.187. The van der Waals surface area contributed by atoms with Crippen molar-refractivity contribution in [3.63, 3.8) is 0 Å². The first-order valence-electron chi connectivity index (χ1n) is 6.78. The second kappa shape index (κ2) is 6.04. The Morgan fingerprint density at radius 1 is 1.60 bits per heavy atom. The van der Waals surface area contributed by atoms with Crippen LogP contribution in [0.3, 0.4) is 0 Å². The lowest BCUT2D eigenvalue weighted by molar-refractivity contribution is -0.384. The number of hydrogen-bond donors (Lipinski definition) is 1. The first-order chi connectivity index (χ1) is 9.49. The van der Waals surface area contributed by atoms with Gasteiger partial charge in [-0.2, -0.15) is 0 Å². The molecular weight excluding hydrogens is 260 g/mol. The Kier molecular flexibility index (Phi) is 4.39. The number of aromatic nitrogens is 1. The average Bonchev–Trinajstić information content (AvgIpc) is 2.81. The lowest BCUT2D eigenvalue weighted by Crippen LogP contribution is -2.44. The highest BCUT2D eigenvalue weighted by Crippen LogP contribution is 2.17. The third-order valence-corrected chi connectivity index (χ3v) is 3.67. The number of aryl methyl sites for hydroxylation is 1. The molecule has 1 aliphatic rings. The number of rotatable bonds is 4. The molecule has 0 aliphatic carbocycles. The van der Waals surface area contributed by atoms with E-state index in [0.717, 1.165) is 13.0 Å². The van der Waals surface area contributed by atoms with Crippen LogP contribution in [0.15, 0.2) is 12.3 Å². The van der Waals surface area contributed by atoms with E-state index in [4.69, 9.17) is 0 Å². The number of nitro groups is 1. The van der Waals surface area contributed by atoms with Crippen LogP contribution in [0.1, 0.15) is 29.8 Å². The predicted octanol–water partition coefficient (Wildman–Crippen LogP) is 1.15. The van der Waals surface area contributed by atoms with Crippen molar-refractivity contribution in [3.8, 4) is 0 Å². The van der Waals surface area contributed by atoms with E-state index in [1.165, 1.54) is 29.7 Å². The number of carbonyl (C=O) groups excluding carboxylic acids is 1. The summed E-state index contributed by atoms with van der Waals surface area (Å²) in [6.45, 7) is 1.61.